The Kier molecular flexibility index (Phi) is 6.39. The average molecular weight is 510 g/mol. The number of aliphatic hydroxyl groups excluding tert-OH is 1. The van der Waals surface area contributed by atoms with Gasteiger partial charge in [0.2, 0.25) is 5.78 Å². The Morgan fingerprint density at radius 1 is 0.946 bits per heavy atom. The number of hydrogen-bond donors (Lipinski definition) is 1. The van der Waals surface area contributed by atoms with Crippen molar-refractivity contribution in [3.05, 3.63) is 112 Å². The van der Waals surface area contributed by atoms with Crippen LogP contribution in [0.4, 0.5) is 11.4 Å². The number of hydrogen-bond acceptors (Lipinski definition) is 6. The summed E-state index contributed by atoms with van der Waals surface area (Å²) in [6, 6.07) is 24.0. The zero-order valence-corrected chi connectivity index (χ0v) is 21.9. The van der Waals surface area contributed by atoms with Crippen LogP contribution >= 0.6 is 11.3 Å². The first-order valence-corrected chi connectivity index (χ1v) is 12.8. The summed E-state index contributed by atoms with van der Waals surface area (Å²) < 4.78 is 0. The molecule has 1 aliphatic heterocycles. The van der Waals surface area contributed by atoms with Gasteiger partial charge in [0.1, 0.15) is 5.01 Å². The third-order valence-corrected chi connectivity index (χ3v) is 7.81. The quantitative estimate of drug-likeness (QED) is 0.310. The van der Waals surface area contributed by atoms with Gasteiger partial charge in [-0.05, 0) is 49.2 Å². The lowest BCUT2D eigenvalue weighted by Gasteiger charge is -2.28. The molecule has 0 aliphatic carbocycles. The number of ketones is 1. The number of carbonyl (C=O) groups is 2. The van der Waals surface area contributed by atoms with Gasteiger partial charge in [0.05, 0.1) is 22.2 Å². The minimum absolute atomic E-state index is 0.0716. The van der Waals surface area contributed by atoms with Crippen molar-refractivity contribution >= 4 is 34.4 Å². The van der Waals surface area contributed by atoms with Crippen molar-refractivity contribution < 1.29 is 14.7 Å². The number of aliphatic hydroxyl groups is 1. The smallest absolute Gasteiger partial charge is 0.294 e. The molecule has 2 heterocycles. The van der Waals surface area contributed by atoms with Gasteiger partial charge in [-0.3, -0.25) is 14.5 Å². The van der Waals surface area contributed by atoms with Crippen LogP contribution in [0.5, 0.6) is 0 Å². The predicted molar refractivity (Wildman–Crippen MR) is 148 cm³/mol. The molecule has 1 aromatic heterocycles. The zero-order chi connectivity index (χ0) is 26.3. The fourth-order valence-corrected chi connectivity index (χ4v) is 5.66. The fraction of sp³-hybridized carbons (Fsp3) is 0.167. The van der Waals surface area contributed by atoms with Crippen molar-refractivity contribution in [3.8, 4) is 10.6 Å². The molecular weight excluding hydrogens is 482 g/mol. The summed E-state index contributed by atoms with van der Waals surface area (Å²) >= 11 is 1.27. The van der Waals surface area contributed by atoms with Crippen LogP contribution in [0.25, 0.3) is 10.6 Å². The van der Waals surface area contributed by atoms with E-state index in [4.69, 9.17) is 0 Å². The van der Waals surface area contributed by atoms with Gasteiger partial charge < -0.3 is 10.0 Å². The number of anilines is 2. The second-order valence-corrected chi connectivity index (χ2v) is 10.2. The molecule has 0 radical (unpaired) electrons. The highest BCUT2D eigenvalue weighted by Crippen LogP contribution is 2.44. The largest absolute Gasteiger partial charge is 0.503 e. The Balaban J connectivity index is 1.63. The molecule has 37 heavy (non-hydrogen) atoms. The molecule has 186 valence electrons. The molecule has 3 aromatic carbocycles. The summed E-state index contributed by atoms with van der Waals surface area (Å²) in [5, 5.41) is 11.9. The molecule has 5 rings (SSSR count). The summed E-state index contributed by atoms with van der Waals surface area (Å²) in [7, 11) is 3.88. The second kappa shape index (κ2) is 9.67. The molecule has 1 atom stereocenters. The predicted octanol–water partition coefficient (Wildman–Crippen LogP) is 6.28. The Hall–Kier alpha value is -4.23. The van der Waals surface area contributed by atoms with Crippen LogP contribution in [0.1, 0.15) is 32.5 Å². The maximum atomic E-state index is 14.1. The lowest BCUT2D eigenvalue weighted by Crippen LogP contribution is -2.31. The van der Waals surface area contributed by atoms with E-state index < -0.39 is 17.7 Å². The van der Waals surface area contributed by atoms with Gasteiger partial charge in [0.25, 0.3) is 5.91 Å². The number of benzene rings is 3. The molecule has 4 aromatic rings. The van der Waals surface area contributed by atoms with Gasteiger partial charge in [-0.1, -0.05) is 54.6 Å². The summed E-state index contributed by atoms with van der Waals surface area (Å²) in [4.78, 5) is 36.1. The Labute approximate surface area is 220 Å². The Morgan fingerprint density at radius 2 is 1.59 bits per heavy atom. The molecular formula is C30H27N3O3S. The van der Waals surface area contributed by atoms with E-state index in [0.717, 1.165) is 27.4 Å². The number of rotatable bonds is 6. The van der Waals surface area contributed by atoms with Crippen LogP contribution in [-0.4, -0.2) is 35.9 Å². The molecule has 1 amide bonds. The lowest BCUT2D eigenvalue weighted by molar-refractivity contribution is -0.117. The van der Waals surface area contributed by atoms with Crippen LogP contribution in [0, 0.1) is 13.8 Å². The van der Waals surface area contributed by atoms with Gasteiger partial charge in [-0.25, -0.2) is 4.98 Å². The summed E-state index contributed by atoms with van der Waals surface area (Å²) in [6.45, 7) is 3.72. The first kappa shape index (κ1) is 24.5. The molecule has 0 saturated heterocycles. The first-order chi connectivity index (χ1) is 17.8. The number of nitrogens with zero attached hydrogens (tertiary/aromatic N) is 3. The number of aromatic nitrogens is 1. The fourth-order valence-electron chi connectivity index (χ4n) is 4.64. The normalized spacial score (nSPS) is 15.4. The van der Waals surface area contributed by atoms with E-state index in [1.54, 1.807) is 6.92 Å². The van der Waals surface area contributed by atoms with Crippen molar-refractivity contribution in [2.45, 2.75) is 19.9 Å². The van der Waals surface area contributed by atoms with Crippen molar-refractivity contribution in [1.29, 1.82) is 0 Å². The molecule has 0 spiro atoms. The SMILES string of the molecule is Cc1ccccc1C1C(C(=O)c2sc(-c3ccccc3)nc2C)=C(O)C(=O)N1c1ccc(N(C)C)cc1. The van der Waals surface area contributed by atoms with E-state index in [0.29, 0.717) is 16.3 Å². The van der Waals surface area contributed by atoms with Gasteiger partial charge in [0, 0.05) is 31.0 Å². The van der Waals surface area contributed by atoms with Gasteiger partial charge >= 0.3 is 0 Å². The van der Waals surface area contributed by atoms with Crippen molar-refractivity contribution in [2.24, 2.45) is 0 Å². The number of Topliss-reactive ketones (excluding diaryl/α,β-unsaturated/α-hetero) is 1. The number of aryl methyl sites for hydroxylation is 2. The third-order valence-electron chi connectivity index (χ3n) is 6.60. The zero-order valence-electron chi connectivity index (χ0n) is 21.1. The highest BCUT2D eigenvalue weighted by molar-refractivity contribution is 7.17. The van der Waals surface area contributed by atoms with Crippen LogP contribution in [0.2, 0.25) is 0 Å². The maximum absolute atomic E-state index is 14.1. The topological polar surface area (TPSA) is 73.7 Å². The van der Waals surface area contributed by atoms with Crippen molar-refractivity contribution in [2.75, 3.05) is 23.9 Å². The summed E-state index contributed by atoms with van der Waals surface area (Å²) in [5.74, 6) is -1.51. The molecule has 1 N–H and O–H groups in total. The van der Waals surface area contributed by atoms with Gasteiger partial charge in [-0.15, -0.1) is 11.3 Å². The van der Waals surface area contributed by atoms with E-state index in [-0.39, 0.29) is 11.4 Å². The van der Waals surface area contributed by atoms with Gasteiger partial charge in [0.15, 0.2) is 5.76 Å². The van der Waals surface area contributed by atoms with E-state index in [1.807, 2.05) is 105 Å². The first-order valence-electron chi connectivity index (χ1n) is 11.9. The van der Waals surface area contributed by atoms with Crippen LogP contribution < -0.4 is 9.80 Å². The highest BCUT2D eigenvalue weighted by Gasteiger charge is 2.45. The van der Waals surface area contributed by atoms with Crippen molar-refractivity contribution in [1.82, 2.24) is 4.98 Å². The maximum Gasteiger partial charge on any atom is 0.294 e. The molecule has 0 bridgehead atoms. The lowest BCUT2D eigenvalue weighted by atomic mass is 9.92. The number of thiazole rings is 1. The minimum Gasteiger partial charge on any atom is -0.503 e. The van der Waals surface area contributed by atoms with E-state index in [2.05, 4.69) is 4.98 Å². The third kappa shape index (κ3) is 4.32. The molecule has 0 saturated carbocycles. The Bertz CT molecular complexity index is 1520. The van der Waals surface area contributed by atoms with Gasteiger partial charge in [-0.2, -0.15) is 0 Å². The summed E-state index contributed by atoms with van der Waals surface area (Å²) in [5.41, 5.74) is 4.83. The molecule has 1 unspecified atom stereocenters. The van der Waals surface area contributed by atoms with Crippen LogP contribution in [-0.2, 0) is 4.79 Å². The monoisotopic (exact) mass is 509 g/mol. The van der Waals surface area contributed by atoms with Crippen molar-refractivity contribution in [3.63, 3.8) is 0 Å². The standard InChI is InChI=1S/C30H27N3O3S/c1-18-10-8-9-13-23(18)25-24(26(34)28-19(2)31-29(37-28)20-11-6-5-7-12-20)27(35)30(36)33(25)22-16-14-21(15-17-22)32(3)4/h5-17,25,35H,1-4H3. The summed E-state index contributed by atoms with van der Waals surface area (Å²) in [6.07, 6.45) is 0. The molecule has 7 heteroatoms. The van der Waals surface area contributed by atoms with E-state index >= 15 is 0 Å². The van der Waals surface area contributed by atoms with E-state index in [9.17, 15) is 14.7 Å². The molecule has 0 fully saturated rings. The van der Waals surface area contributed by atoms with Crippen LogP contribution in [0.15, 0.2) is 90.2 Å². The van der Waals surface area contributed by atoms with Crippen LogP contribution in [0.3, 0.4) is 0 Å². The number of amides is 1. The highest BCUT2D eigenvalue weighted by atomic mass is 32.1. The number of carbonyl (C=O) groups excluding carboxylic acids is 2. The molecule has 1 aliphatic rings. The average Bonchev–Trinajstić information content (AvgIpc) is 3.42. The second-order valence-electron chi connectivity index (χ2n) is 9.24. The molecule has 6 nitrogen and oxygen atoms in total. The minimum atomic E-state index is -0.770. The Morgan fingerprint density at radius 3 is 2.24 bits per heavy atom. The van der Waals surface area contributed by atoms with E-state index in [1.165, 1.54) is 16.2 Å².